The molecule has 0 atom stereocenters. The average molecular weight is 257 g/mol. The van der Waals surface area contributed by atoms with Gasteiger partial charge in [-0.05, 0) is 19.1 Å². The lowest BCUT2D eigenvalue weighted by atomic mass is 10.1. The highest BCUT2D eigenvalue weighted by Gasteiger charge is 2.13. The first-order chi connectivity index (χ1) is 8.50. The van der Waals surface area contributed by atoms with Crippen molar-refractivity contribution in [2.45, 2.75) is 12.5 Å². The van der Waals surface area contributed by atoms with Gasteiger partial charge in [0.25, 0.3) is 0 Å². The number of aliphatic hydroxyl groups excluding tert-OH is 2. The van der Waals surface area contributed by atoms with E-state index in [9.17, 15) is 4.79 Å². The molecule has 1 aromatic rings. The van der Waals surface area contributed by atoms with E-state index in [1.54, 1.807) is 31.2 Å². The summed E-state index contributed by atoms with van der Waals surface area (Å²) in [5.41, 5.74) is 4.89. The van der Waals surface area contributed by atoms with Crippen LogP contribution in [0.25, 0.3) is 0 Å². The van der Waals surface area contributed by atoms with E-state index >= 15 is 0 Å². The molecule has 0 aromatic heterocycles. The van der Waals surface area contributed by atoms with Crippen molar-refractivity contribution in [3.63, 3.8) is 0 Å². The van der Waals surface area contributed by atoms with E-state index in [1.807, 2.05) is 0 Å². The quantitative estimate of drug-likeness (QED) is 0.393. The number of hydrogen-bond donors (Lipinski definition) is 3. The number of rotatable bonds is 5. The van der Waals surface area contributed by atoms with Crippen LogP contribution in [0.15, 0.2) is 24.3 Å². The first kappa shape index (κ1) is 16.5. The Bertz CT molecular complexity index is 348. The Morgan fingerprint density at radius 1 is 1.33 bits per heavy atom. The van der Waals surface area contributed by atoms with Gasteiger partial charge in [-0.2, -0.15) is 4.89 Å². The molecule has 18 heavy (non-hydrogen) atoms. The molecule has 0 spiro atoms. The van der Waals surface area contributed by atoms with Gasteiger partial charge in [-0.25, -0.2) is 0 Å². The van der Waals surface area contributed by atoms with Crippen LogP contribution < -0.4 is 10.6 Å². The molecule has 6 heteroatoms. The predicted molar refractivity (Wildman–Crippen MR) is 66.2 cm³/mol. The minimum atomic E-state index is -0.806. The zero-order valence-electron chi connectivity index (χ0n) is 10.5. The van der Waals surface area contributed by atoms with Crippen molar-refractivity contribution in [3.8, 4) is 5.75 Å². The molecule has 1 rings (SSSR count). The predicted octanol–water partition coefficient (Wildman–Crippen LogP) is 0.128. The largest absolute Gasteiger partial charge is 0.394 e. The number of hydrogen-bond acceptors (Lipinski definition) is 6. The summed E-state index contributed by atoms with van der Waals surface area (Å²) >= 11 is 0. The zero-order chi connectivity index (χ0) is 14.0. The molecule has 4 N–H and O–H groups in total. The van der Waals surface area contributed by atoms with Gasteiger partial charge in [0, 0.05) is 0 Å². The third-order valence-electron chi connectivity index (χ3n) is 1.94. The van der Waals surface area contributed by atoms with Crippen molar-refractivity contribution in [3.05, 3.63) is 29.8 Å². The lowest BCUT2D eigenvalue weighted by molar-refractivity contribution is -0.178. The number of nitrogens with two attached hydrogens (primary N) is 1. The van der Waals surface area contributed by atoms with Crippen LogP contribution in [0.1, 0.15) is 17.3 Å². The third-order valence-corrected chi connectivity index (χ3v) is 1.94. The number of aliphatic hydroxyl groups is 2. The topological polar surface area (TPSA) is 102 Å². The van der Waals surface area contributed by atoms with Crippen LogP contribution in [0, 0.1) is 0 Å². The molecular formula is C12H19NO5. The van der Waals surface area contributed by atoms with Crippen molar-refractivity contribution in [1.82, 2.24) is 0 Å². The molecule has 0 aliphatic carbocycles. The van der Waals surface area contributed by atoms with Gasteiger partial charge in [-0.1, -0.05) is 12.1 Å². The summed E-state index contributed by atoms with van der Waals surface area (Å²) in [5.74, 6) is 0.435. The SMILES string of the molecule is CC(N)(CO)CO.COOc1ccccc1C=O. The van der Waals surface area contributed by atoms with Gasteiger partial charge in [-0.15, -0.1) is 0 Å². The highest BCUT2D eigenvalue weighted by Crippen LogP contribution is 2.14. The molecule has 102 valence electrons. The van der Waals surface area contributed by atoms with Crippen molar-refractivity contribution < 1.29 is 24.8 Å². The Hall–Kier alpha value is -1.47. The van der Waals surface area contributed by atoms with E-state index in [4.69, 9.17) is 20.8 Å². The van der Waals surface area contributed by atoms with Crippen LogP contribution in [0.4, 0.5) is 0 Å². The highest BCUT2D eigenvalue weighted by atomic mass is 17.2. The molecule has 0 aliphatic rings. The smallest absolute Gasteiger partial charge is 0.175 e. The molecule has 0 fully saturated rings. The second-order valence-electron chi connectivity index (χ2n) is 3.88. The summed E-state index contributed by atoms with van der Waals surface area (Å²) in [6.07, 6.45) is 0.717. The Labute approximate surface area is 106 Å². The fourth-order valence-corrected chi connectivity index (χ4v) is 0.794. The number of carbonyl (C=O) groups excluding carboxylic acids is 1. The lowest BCUT2D eigenvalue weighted by Gasteiger charge is -2.16. The maximum Gasteiger partial charge on any atom is 0.175 e. The molecule has 0 saturated carbocycles. The molecule has 0 amide bonds. The summed E-state index contributed by atoms with van der Waals surface area (Å²) in [6, 6.07) is 6.84. The molecule has 0 unspecified atom stereocenters. The van der Waals surface area contributed by atoms with Crippen LogP contribution in [-0.2, 0) is 4.89 Å². The molecule has 0 aliphatic heterocycles. The van der Waals surface area contributed by atoms with Crippen LogP contribution in [0.3, 0.4) is 0 Å². The van der Waals surface area contributed by atoms with Crippen LogP contribution in [0.2, 0.25) is 0 Å². The molecular weight excluding hydrogens is 238 g/mol. The Morgan fingerprint density at radius 3 is 2.28 bits per heavy atom. The van der Waals surface area contributed by atoms with Crippen LogP contribution >= 0.6 is 0 Å². The number of aldehydes is 1. The maximum atomic E-state index is 10.4. The summed E-state index contributed by atoms with van der Waals surface area (Å²) in [5, 5.41) is 16.6. The Balaban J connectivity index is 0.000000360. The second-order valence-corrected chi connectivity index (χ2v) is 3.88. The van der Waals surface area contributed by atoms with Crippen LogP contribution in [-0.4, -0.2) is 42.4 Å². The number of para-hydroxylation sites is 1. The molecule has 0 heterocycles. The summed E-state index contributed by atoms with van der Waals surface area (Å²) in [7, 11) is 1.39. The highest BCUT2D eigenvalue weighted by molar-refractivity contribution is 5.78. The van der Waals surface area contributed by atoms with Gasteiger partial charge in [0.05, 0.1) is 31.4 Å². The van der Waals surface area contributed by atoms with E-state index in [2.05, 4.69) is 4.89 Å². The van der Waals surface area contributed by atoms with Crippen molar-refractivity contribution in [1.29, 1.82) is 0 Å². The zero-order valence-corrected chi connectivity index (χ0v) is 10.5. The lowest BCUT2D eigenvalue weighted by Crippen LogP contribution is -2.43. The normalized spacial score (nSPS) is 10.3. The standard InChI is InChI=1S/C8H8O3.C4H11NO2/c1-10-11-8-5-3-2-4-7(8)6-9;1-4(5,2-6)3-7/h2-6H,1H3;6-7H,2-3,5H2,1H3. The monoisotopic (exact) mass is 257 g/mol. The van der Waals surface area contributed by atoms with Crippen molar-refractivity contribution in [2.24, 2.45) is 5.73 Å². The number of benzene rings is 1. The van der Waals surface area contributed by atoms with Gasteiger partial charge in [0.1, 0.15) is 0 Å². The minimum absolute atomic E-state index is 0.177. The van der Waals surface area contributed by atoms with Crippen molar-refractivity contribution >= 4 is 6.29 Å². The fourth-order valence-electron chi connectivity index (χ4n) is 0.794. The van der Waals surface area contributed by atoms with Crippen LogP contribution in [0.5, 0.6) is 5.75 Å². The molecule has 1 aromatic carbocycles. The second kappa shape index (κ2) is 8.60. The van der Waals surface area contributed by atoms with Gasteiger partial charge in [0.15, 0.2) is 12.0 Å². The van der Waals surface area contributed by atoms with E-state index < -0.39 is 5.54 Å². The number of carbonyl (C=O) groups is 1. The van der Waals surface area contributed by atoms with E-state index in [-0.39, 0.29) is 13.2 Å². The van der Waals surface area contributed by atoms with Gasteiger partial charge < -0.3 is 20.8 Å². The molecule has 0 radical (unpaired) electrons. The Morgan fingerprint density at radius 2 is 1.89 bits per heavy atom. The summed E-state index contributed by atoms with van der Waals surface area (Å²) in [6.45, 7) is 1.22. The minimum Gasteiger partial charge on any atom is -0.394 e. The van der Waals surface area contributed by atoms with Gasteiger partial charge >= 0.3 is 0 Å². The summed E-state index contributed by atoms with van der Waals surface area (Å²) < 4.78 is 0. The third kappa shape index (κ3) is 6.31. The Kier molecular flexibility index (Phi) is 7.89. The van der Waals surface area contributed by atoms with Crippen molar-refractivity contribution in [2.75, 3.05) is 20.3 Å². The summed E-state index contributed by atoms with van der Waals surface area (Å²) in [4.78, 5) is 19.5. The molecule has 0 saturated heterocycles. The first-order valence-electron chi connectivity index (χ1n) is 5.26. The maximum absolute atomic E-state index is 10.4. The first-order valence-corrected chi connectivity index (χ1v) is 5.26. The molecule has 0 bridgehead atoms. The fraction of sp³-hybridized carbons (Fsp3) is 0.417. The molecule has 6 nitrogen and oxygen atoms in total. The van der Waals surface area contributed by atoms with Gasteiger partial charge in [-0.3, -0.25) is 4.79 Å². The van der Waals surface area contributed by atoms with Gasteiger partial charge in [0.2, 0.25) is 0 Å². The van der Waals surface area contributed by atoms with E-state index in [1.165, 1.54) is 7.11 Å². The van der Waals surface area contributed by atoms with E-state index in [0.29, 0.717) is 17.6 Å². The average Bonchev–Trinajstić information content (AvgIpc) is 2.40. The van der Waals surface area contributed by atoms with E-state index in [0.717, 1.165) is 0 Å².